The van der Waals surface area contributed by atoms with E-state index < -0.39 is 0 Å². The molecule has 0 rings (SSSR count). The molecule has 0 aliphatic heterocycles. The van der Waals surface area contributed by atoms with Gasteiger partial charge in [-0.15, -0.1) is 0 Å². The smallest absolute Gasteiger partial charge is 0.0589 e. The van der Waals surface area contributed by atoms with Crippen LogP contribution < -0.4 is 5.73 Å². The van der Waals surface area contributed by atoms with E-state index in [1.165, 1.54) is 0 Å². The largest absolute Gasteiger partial charge is 0.379 e. The molecular weight excluding hydrogens is 110 g/mol. The lowest BCUT2D eigenvalue weighted by atomic mass is 10.7. The zero-order chi connectivity index (χ0) is 5.54. The molecule has 0 atom stereocenters. The average molecular weight is 121 g/mol. The van der Waals surface area contributed by atoms with Crippen LogP contribution in [0.5, 0.6) is 0 Å². The van der Waals surface area contributed by atoms with Gasteiger partial charge in [-0.1, -0.05) is 0 Å². The van der Waals surface area contributed by atoms with Gasteiger partial charge in [0.2, 0.25) is 0 Å². The van der Waals surface area contributed by atoms with Crippen molar-refractivity contribution in [3.8, 4) is 0 Å². The summed E-state index contributed by atoms with van der Waals surface area (Å²) in [5, 5.41) is 0. The van der Waals surface area contributed by atoms with Crippen LogP contribution in [0.15, 0.2) is 0 Å². The molecule has 0 aromatic carbocycles. The lowest BCUT2D eigenvalue weighted by Crippen LogP contribution is -2.09. The maximum absolute atomic E-state index is 5.12. The van der Waals surface area contributed by atoms with E-state index in [0.717, 1.165) is 5.75 Å². The molecule has 0 bridgehead atoms. The molecule has 0 saturated heterocycles. The van der Waals surface area contributed by atoms with E-state index >= 15 is 0 Å². The number of hydrogen-bond acceptors (Lipinski definition) is 3. The number of hydrogen-bond donors (Lipinski definition) is 2. The molecule has 0 aromatic heterocycles. The molecule has 0 heterocycles. The van der Waals surface area contributed by atoms with Gasteiger partial charge in [-0.3, -0.25) is 0 Å². The predicted molar refractivity (Wildman–Crippen MR) is 33.7 cm³/mol. The Bertz CT molecular complexity index is 30.9. The van der Waals surface area contributed by atoms with Crippen molar-refractivity contribution < 1.29 is 4.74 Å². The van der Waals surface area contributed by atoms with E-state index in [0.29, 0.717) is 19.8 Å². The third kappa shape index (κ3) is 6.27. The number of ether oxygens (including phenoxy) is 1. The molecule has 2 N–H and O–H groups in total. The van der Waals surface area contributed by atoms with Crippen molar-refractivity contribution >= 4 is 12.6 Å². The van der Waals surface area contributed by atoms with E-state index in [4.69, 9.17) is 10.5 Å². The fourth-order valence-corrected chi connectivity index (χ4v) is 0.379. The van der Waals surface area contributed by atoms with Gasteiger partial charge in [-0.25, -0.2) is 0 Å². The Kier molecular flexibility index (Phi) is 6.51. The second kappa shape index (κ2) is 6.27. The first kappa shape index (κ1) is 7.27. The minimum Gasteiger partial charge on any atom is -0.379 e. The maximum atomic E-state index is 5.12. The first-order valence-corrected chi connectivity index (χ1v) is 2.93. The molecule has 0 aromatic rings. The second-order valence-electron chi connectivity index (χ2n) is 1.12. The Morgan fingerprint density at radius 2 is 2.14 bits per heavy atom. The van der Waals surface area contributed by atoms with Gasteiger partial charge in [-0.05, 0) is 0 Å². The molecule has 2 nitrogen and oxygen atoms in total. The third-order valence-electron chi connectivity index (χ3n) is 0.498. The molecular formula is C4H11NOS. The summed E-state index contributed by atoms with van der Waals surface area (Å²) in [5.41, 5.74) is 5.12. The highest BCUT2D eigenvalue weighted by molar-refractivity contribution is 7.80. The van der Waals surface area contributed by atoms with Crippen molar-refractivity contribution in [1.29, 1.82) is 0 Å². The molecule has 0 amide bonds. The van der Waals surface area contributed by atoms with Crippen LogP contribution in [0.3, 0.4) is 0 Å². The summed E-state index contributed by atoms with van der Waals surface area (Å²) < 4.78 is 4.93. The van der Waals surface area contributed by atoms with E-state index in [-0.39, 0.29) is 0 Å². The van der Waals surface area contributed by atoms with Crippen LogP contribution in [0.2, 0.25) is 0 Å². The summed E-state index contributed by atoms with van der Waals surface area (Å²) in [4.78, 5) is 0. The molecule has 7 heavy (non-hydrogen) atoms. The Hall–Kier alpha value is 0.270. The summed E-state index contributed by atoms with van der Waals surface area (Å²) in [6.45, 7) is 1.97. The first-order chi connectivity index (χ1) is 3.41. The minimum atomic E-state index is 0.605. The van der Waals surface area contributed by atoms with Gasteiger partial charge in [0.25, 0.3) is 0 Å². The fourth-order valence-electron chi connectivity index (χ4n) is 0.250. The number of nitrogens with two attached hydrogens (primary N) is 1. The molecule has 0 radical (unpaired) electrons. The monoisotopic (exact) mass is 121 g/mol. The van der Waals surface area contributed by atoms with Gasteiger partial charge in [-0.2, -0.15) is 12.6 Å². The molecule has 0 unspecified atom stereocenters. The van der Waals surface area contributed by atoms with E-state index in [1.807, 2.05) is 0 Å². The van der Waals surface area contributed by atoms with Crippen LogP contribution in [0.1, 0.15) is 0 Å². The highest BCUT2D eigenvalue weighted by Crippen LogP contribution is 1.74. The van der Waals surface area contributed by atoms with Crippen molar-refractivity contribution in [2.45, 2.75) is 0 Å². The quantitative estimate of drug-likeness (QED) is 0.402. The van der Waals surface area contributed by atoms with Crippen LogP contribution in [-0.4, -0.2) is 25.5 Å². The highest BCUT2D eigenvalue weighted by atomic mass is 32.1. The predicted octanol–water partition coefficient (Wildman–Crippen LogP) is -0.109. The molecule has 0 saturated carbocycles. The van der Waals surface area contributed by atoms with E-state index in [9.17, 15) is 0 Å². The Balaban J connectivity index is 2.45. The normalized spacial score (nSPS) is 9.43. The van der Waals surface area contributed by atoms with Gasteiger partial charge in [0.1, 0.15) is 0 Å². The Morgan fingerprint density at radius 1 is 1.43 bits per heavy atom. The summed E-state index contributed by atoms with van der Waals surface area (Å²) in [7, 11) is 0. The first-order valence-electron chi connectivity index (χ1n) is 2.30. The maximum Gasteiger partial charge on any atom is 0.0589 e. The van der Waals surface area contributed by atoms with Gasteiger partial charge in [0.05, 0.1) is 13.2 Å². The lowest BCUT2D eigenvalue weighted by molar-refractivity contribution is 0.158. The topological polar surface area (TPSA) is 35.2 Å². The van der Waals surface area contributed by atoms with Crippen molar-refractivity contribution in [3.63, 3.8) is 0 Å². The van der Waals surface area contributed by atoms with Crippen LogP contribution in [0.25, 0.3) is 0 Å². The molecule has 3 heteroatoms. The van der Waals surface area contributed by atoms with E-state index in [1.54, 1.807) is 0 Å². The molecule has 0 spiro atoms. The fraction of sp³-hybridized carbons (Fsp3) is 1.00. The van der Waals surface area contributed by atoms with Crippen LogP contribution >= 0.6 is 12.6 Å². The lowest BCUT2D eigenvalue weighted by Gasteiger charge is -1.95. The van der Waals surface area contributed by atoms with Gasteiger partial charge >= 0.3 is 0 Å². The summed E-state index contributed by atoms with van der Waals surface area (Å²) in [6.07, 6.45) is 0. The molecule has 44 valence electrons. The summed E-state index contributed by atoms with van der Waals surface area (Å²) in [6, 6.07) is 0. The van der Waals surface area contributed by atoms with Crippen molar-refractivity contribution in [3.05, 3.63) is 0 Å². The minimum absolute atomic E-state index is 0.605. The van der Waals surface area contributed by atoms with Crippen molar-refractivity contribution in [2.24, 2.45) is 5.73 Å². The van der Waals surface area contributed by atoms with Crippen molar-refractivity contribution in [2.75, 3.05) is 25.5 Å². The van der Waals surface area contributed by atoms with Gasteiger partial charge in [0.15, 0.2) is 0 Å². The third-order valence-corrected chi connectivity index (χ3v) is 0.680. The average Bonchev–Trinajstić information content (AvgIpc) is 1.69. The van der Waals surface area contributed by atoms with Gasteiger partial charge in [0, 0.05) is 12.3 Å². The van der Waals surface area contributed by atoms with Crippen LogP contribution in [0.4, 0.5) is 0 Å². The highest BCUT2D eigenvalue weighted by Gasteiger charge is 1.78. The zero-order valence-corrected chi connectivity index (χ0v) is 5.16. The molecule has 0 aliphatic carbocycles. The SMILES string of the molecule is NCCOCCS. The second-order valence-corrected chi connectivity index (χ2v) is 1.57. The zero-order valence-electron chi connectivity index (χ0n) is 4.26. The standard InChI is InChI=1S/C4H11NOS/c5-1-2-6-3-4-7/h7H,1-5H2. The number of thiol groups is 1. The van der Waals surface area contributed by atoms with Crippen molar-refractivity contribution in [1.82, 2.24) is 0 Å². The van der Waals surface area contributed by atoms with Crippen LogP contribution in [-0.2, 0) is 4.74 Å². The summed E-state index contributed by atoms with van der Waals surface area (Å²) in [5.74, 6) is 0.778. The number of rotatable bonds is 4. The van der Waals surface area contributed by atoms with Crippen LogP contribution in [0, 0.1) is 0 Å². The summed E-state index contributed by atoms with van der Waals surface area (Å²) >= 11 is 3.93. The Labute approximate surface area is 49.4 Å². The molecule has 0 aliphatic rings. The van der Waals surface area contributed by atoms with Gasteiger partial charge < -0.3 is 10.5 Å². The van der Waals surface area contributed by atoms with E-state index in [2.05, 4.69) is 12.6 Å². The Morgan fingerprint density at radius 3 is 2.57 bits per heavy atom. The molecule has 0 fully saturated rings.